The zero-order valence-electron chi connectivity index (χ0n) is 46.4. The number of H-pyrrole nitrogens is 1. The van der Waals surface area contributed by atoms with E-state index in [2.05, 4.69) is 47.5 Å². The van der Waals surface area contributed by atoms with Crippen LogP contribution in [0.25, 0.3) is 10.9 Å². The highest BCUT2D eigenvalue weighted by molar-refractivity contribution is 6.00. The molecule has 12 atom stereocenters. The van der Waals surface area contributed by atoms with Gasteiger partial charge in [0.05, 0.1) is 38.0 Å². The minimum absolute atomic E-state index is 0.220. The summed E-state index contributed by atoms with van der Waals surface area (Å²) in [4.78, 5) is 184. The van der Waals surface area contributed by atoms with Gasteiger partial charge in [-0.2, -0.15) is 0 Å². The maximum absolute atomic E-state index is 14.0. The molecule has 19 N–H and O–H groups in total. The van der Waals surface area contributed by atoms with Crippen molar-refractivity contribution < 1.29 is 92.7 Å². The van der Waals surface area contributed by atoms with Crippen molar-refractivity contribution in [2.45, 2.75) is 160 Å². The first-order valence-electron chi connectivity index (χ1n) is 26.2. The van der Waals surface area contributed by atoms with Crippen molar-refractivity contribution in [3.63, 3.8) is 0 Å². The number of benzene rings is 1. The zero-order valence-corrected chi connectivity index (χ0v) is 46.4. The number of aliphatic hydroxyl groups is 1. The van der Waals surface area contributed by atoms with Gasteiger partial charge in [-0.3, -0.25) is 62.3 Å². The SMILES string of the molecule is CC[C@H](C)[C@H](N)C(=O)N[C@@H](CC(=O)O)C(=O)N[C@H](C(=O)NCC(=O)N[C@H](C(=O)N[C@@H](CCC(N)=O)C(=O)N[C@H](C(=O)N[C@@H](CC(=O)O)C(=O)N[C@@H](Cc1c[nH]c2ccccc12)C(=O)N[C@@H](CC(=O)O)C(=O)O)[C@@H](C)O)[C@@H](C)CC)C(C)C. The molecular formula is C51H76N12O19. The van der Waals surface area contributed by atoms with Gasteiger partial charge in [0.15, 0.2) is 0 Å². The standard InChI is InChI=1S/C51H76N12O19/c1-8-23(5)39(53)47(77)58-32(18-37(69)70)46(76)62-40(22(3)4)48(78)55-21-35(66)61-41(24(6)9-2)49(79)56-29(14-15-34(52)65)43(73)63-42(25(7)64)50(80)59-31(17-36(67)68)45(75)57-30(44(74)60-33(51(81)82)19-38(71)72)16-26-20-54-28-13-11-10-12-27(26)28/h10-13,20,22-25,29-33,39-42,54,64H,8-9,14-19,21,53H2,1-7H3,(H2,52,65)(H,55,78)(H,56,79)(H,57,75)(H,58,77)(H,59,80)(H,60,74)(H,61,66)(H,62,76)(H,63,73)(H,67,68)(H,69,70)(H,71,72)(H,81,82)/t23-,24-,25+,29-,30-,31-,32-,33-,39-,40-,41-,42-/m0/s1. The highest BCUT2D eigenvalue weighted by Gasteiger charge is 2.38. The van der Waals surface area contributed by atoms with E-state index in [1.807, 2.05) is 5.32 Å². The third kappa shape index (κ3) is 22.4. The van der Waals surface area contributed by atoms with Crippen molar-refractivity contribution in [3.8, 4) is 0 Å². The fourth-order valence-electron chi connectivity index (χ4n) is 7.93. The number of rotatable bonds is 36. The molecule has 0 aliphatic carbocycles. The summed E-state index contributed by atoms with van der Waals surface area (Å²) in [5, 5.41) is 69.8. The summed E-state index contributed by atoms with van der Waals surface area (Å²) >= 11 is 0. The number of hydrogen-bond donors (Lipinski definition) is 17. The number of primary amides is 1. The van der Waals surface area contributed by atoms with Gasteiger partial charge in [0.25, 0.3) is 0 Å². The Hall–Kier alpha value is -8.74. The Balaban J connectivity index is 2.35. The number of aliphatic hydroxyl groups excluding tert-OH is 1. The predicted octanol–water partition coefficient (Wildman–Crippen LogP) is -4.06. The average molecular weight is 1160 g/mol. The molecule has 0 saturated heterocycles. The Morgan fingerprint density at radius 2 is 1.00 bits per heavy atom. The number of hydrogen-bond acceptors (Lipinski definition) is 16. The third-order valence-corrected chi connectivity index (χ3v) is 13.2. The van der Waals surface area contributed by atoms with Gasteiger partial charge in [0.1, 0.15) is 48.3 Å². The Morgan fingerprint density at radius 1 is 0.537 bits per heavy atom. The molecule has 0 bridgehead atoms. The van der Waals surface area contributed by atoms with Crippen LogP contribution in [0.3, 0.4) is 0 Å². The molecule has 0 fully saturated rings. The fraction of sp³-hybridized carbons (Fsp3) is 0.569. The number of aromatic nitrogens is 1. The first kappa shape index (κ1) is 69.4. The molecule has 2 aromatic rings. The van der Waals surface area contributed by atoms with Crippen LogP contribution in [0, 0.1) is 17.8 Å². The summed E-state index contributed by atoms with van der Waals surface area (Å²) in [5.41, 5.74) is 12.3. The number of aliphatic carboxylic acids is 4. The van der Waals surface area contributed by atoms with Crippen LogP contribution in [-0.2, 0) is 73.5 Å². The molecule has 10 amide bonds. The summed E-state index contributed by atoms with van der Waals surface area (Å²) in [6, 6.07) is -8.53. The second-order valence-corrected chi connectivity index (χ2v) is 20.0. The van der Waals surface area contributed by atoms with Crippen LogP contribution in [0.5, 0.6) is 0 Å². The Bertz CT molecular complexity index is 2660. The van der Waals surface area contributed by atoms with Gasteiger partial charge in [0, 0.05) is 29.9 Å². The van der Waals surface area contributed by atoms with Crippen LogP contribution in [0.15, 0.2) is 30.5 Å². The van der Waals surface area contributed by atoms with Crippen molar-refractivity contribution in [1.29, 1.82) is 0 Å². The molecule has 82 heavy (non-hydrogen) atoms. The molecule has 1 aromatic carbocycles. The summed E-state index contributed by atoms with van der Waals surface area (Å²) < 4.78 is 0. The predicted molar refractivity (Wildman–Crippen MR) is 287 cm³/mol. The van der Waals surface area contributed by atoms with Crippen LogP contribution < -0.4 is 59.3 Å². The number of amides is 10. The highest BCUT2D eigenvalue weighted by Crippen LogP contribution is 2.20. The summed E-state index contributed by atoms with van der Waals surface area (Å²) in [5.74, 6) is -19.1. The smallest absolute Gasteiger partial charge is 0.326 e. The number of carboxylic acids is 4. The summed E-state index contributed by atoms with van der Waals surface area (Å²) in [6.07, 6.45) is -4.27. The lowest BCUT2D eigenvalue weighted by atomic mass is 9.97. The normalized spacial score (nSPS) is 15.5. The first-order valence-corrected chi connectivity index (χ1v) is 26.2. The molecule has 0 unspecified atom stereocenters. The summed E-state index contributed by atoms with van der Waals surface area (Å²) in [6.45, 7) is 9.90. The molecule has 31 heteroatoms. The van der Waals surface area contributed by atoms with Crippen LogP contribution >= 0.6 is 0 Å². The number of nitrogens with two attached hydrogens (primary N) is 2. The molecule has 0 aliphatic rings. The number of aromatic amines is 1. The summed E-state index contributed by atoms with van der Waals surface area (Å²) in [7, 11) is 0. The van der Waals surface area contributed by atoms with Crippen LogP contribution in [0.2, 0.25) is 0 Å². The van der Waals surface area contributed by atoms with Crippen molar-refractivity contribution >= 4 is 93.9 Å². The molecule has 0 radical (unpaired) electrons. The van der Waals surface area contributed by atoms with Gasteiger partial charge < -0.3 is 89.8 Å². The van der Waals surface area contributed by atoms with Crippen LogP contribution in [0.1, 0.15) is 99.0 Å². The van der Waals surface area contributed by atoms with E-state index in [0.29, 0.717) is 22.9 Å². The van der Waals surface area contributed by atoms with Crippen molar-refractivity contribution in [1.82, 2.24) is 52.8 Å². The number of nitrogens with one attached hydrogen (secondary N) is 10. The lowest BCUT2D eigenvalue weighted by molar-refractivity contribution is -0.147. The molecule has 454 valence electrons. The second kappa shape index (κ2) is 33.1. The fourth-order valence-corrected chi connectivity index (χ4v) is 7.93. The van der Waals surface area contributed by atoms with E-state index >= 15 is 0 Å². The van der Waals surface area contributed by atoms with Gasteiger partial charge in [-0.05, 0) is 42.7 Å². The molecule has 0 aliphatic heterocycles. The highest BCUT2D eigenvalue weighted by atomic mass is 16.4. The van der Waals surface area contributed by atoms with Gasteiger partial charge in [0.2, 0.25) is 59.1 Å². The van der Waals surface area contributed by atoms with E-state index < -0.39 is 200 Å². The zero-order chi connectivity index (χ0) is 62.3. The van der Waals surface area contributed by atoms with Gasteiger partial charge in [-0.15, -0.1) is 0 Å². The number of para-hydroxylation sites is 1. The number of carboxylic acid groups (broad SMARTS) is 4. The van der Waals surface area contributed by atoms with E-state index in [0.717, 1.165) is 6.92 Å². The van der Waals surface area contributed by atoms with Crippen molar-refractivity contribution in [3.05, 3.63) is 36.0 Å². The Morgan fingerprint density at radius 3 is 1.52 bits per heavy atom. The topological polar surface area (TPSA) is 516 Å². The number of carbonyl (C=O) groups excluding carboxylic acids is 10. The molecule has 0 spiro atoms. The molecule has 1 heterocycles. The lowest BCUT2D eigenvalue weighted by Gasteiger charge is -2.29. The van der Waals surface area contributed by atoms with E-state index in [-0.39, 0.29) is 12.3 Å². The number of carbonyl (C=O) groups is 14. The molecular weight excluding hydrogens is 1080 g/mol. The van der Waals surface area contributed by atoms with Crippen LogP contribution in [0.4, 0.5) is 0 Å². The lowest BCUT2D eigenvalue weighted by Crippen LogP contribution is -2.62. The van der Waals surface area contributed by atoms with Gasteiger partial charge >= 0.3 is 23.9 Å². The maximum Gasteiger partial charge on any atom is 0.326 e. The van der Waals surface area contributed by atoms with E-state index in [9.17, 15) is 92.7 Å². The third-order valence-electron chi connectivity index (χ3n) is 13.2. The Kier molecular flexibility index (Phi) is 28.0. The monoisotopic (exact) mass is 1160 g/mol. The Labute approximate surface area is 470 Å². The molecule has 0 saturated carbocycles. The van der Waals surface area contributed by atoms with Crippen LogP contribution in [-0.4, -0.2) is 180 Å². The van der Waals surface area contributed by atoms with Crippen molar-refractivity contribution in [2.24, 2.45) is 29.2 Å². The van der Waals surface area contributed by atoms with Crippen molar-refractivity contribution in [2.75, 3.05) is 6.54 Å². The number of fused-ring (bicyclic) bond motifs is 1. The molecule has 1 aromatic heterocycles. The minimum atomic E-state index is -2.09. The van der Waals surface area contributed by atoms with E-state index in [1.165, 1.54) is 27.0 Å². The van der Waals surface area contributed by atoms with E-state index in [4.69, 9.17) is 11.5 Å². The maximum atomic E-state index is 14.0. The quantitative estimate of drug-likeness (QED) is 0.0309. The largest absolute Gasteiger partial charge is 0.481 e. The molecule has 31 nitrogen and oxygen atoms in total. The van der Waals surface area contributed by atoms with E-state index in [1.54, 1.807) is 45.0 Å². The first-order chi connectivity index (χ1) is 38.3. The van der Waals surface area contributed by atoms with Gasteiger partial charge in [-0.25, -0.2) is 4.79 Å². The average Bonchev–Trinajstić information content (AvgIpc) is 3.88. The van der Waals surface area contributed by atoms with Gasteiger partial charge in [-0.1, -0.05) is 72.6 Å². The minimum Gasteiger partial charge on any atom is -0.481 e. The molecule has 2 rings (SSSR count). The second-order valence-electron chi connectivity index (χ2n) is 20.0.